The van der Waals surface area contributed by atoms with Gasteiger partial charge in [-0.3, -0.25) is 9.59 Å². The first-order valence-corrected chi connectivity index (χ1v) is 6.07. The second-order valence-electron chi connectivity index (χ2n) is 4.86. The average Bonchev–Trinajstić information content (AvgIpc) is 2.93. The minimum Gasteiger partial charge on any atom is -0.481 e. The van der Waals surface area contributed by atoms with Crippen molar-refractivity contribution in [1.29, 1.82) is 0 Å². The monoisotopic (exact) mass is 276 g/mol. The predicted molar refractivity (Wildman–Crippen MR) is 71.9 cm³/mol. The third kappa shape index (κ3) is 2.03. The molecule has 20 heavy (non-hydrogen) atoms. The second-order valence-corrected chi connectivity index (χ2v) is 4.86. The summed E-state index contributed by atoms with van der Waals surface area (Å²) in [7, 11) is 2.79. The summed E-state index contributed by atoms with van der Waals surface area (Å²) in [6, 6.07) is 4.96. The van der Waals surface area contributed by atoms with Crippen LogP contribution in [0.5, 0.6) is 5.88 Å². The minimum absolute atomic E-state index is 0.322. The third-order valence-electron chi connectivity index (χ3n) is 3.24. The minimum atomic E-state index is -1.26. The maximum absolute atomic E-state index is 12.6. The zero-order chi connectivity index (χ0) is 14.9. The number of Topliss-reactive ketones (excluding diaryl/α,β-unsaturated/α-hetero) is 1. The van der Waals surface area contributed by atoms with Gasteiger partial charge in [0.2, 0.25) is 5.88 Å². The van der Waals surface area contributed by atoms with Crippen molar-refractivity contribution in [2.24, 2.45) is 5.41 Å². The first kappa shape index (κ1) is 14.0. The van der Waals surface area contributed by atoms with E-state index < -0.39 is 11.4 Å². The van der Waals surface area contributed by atoms with E-state index in [0.29, 0.717) is 17.0 Å². The Hall–Kier alpha value is -2.37. The van der Waals surface area contributed by atoms with E-state index in [4.69, 9.17) is 4.74 Å². The van der Waals surface area contributed by atoms with E-state index in [1.54, 1.807) is 24.4 Å². The summed E-state index contributed by atoms with van der Waals surface area (Å²) >= 11 is 0. The van der Waals surface area contributed by atoms with Gasteiger partial charge in [-0.25, -0.2) is 4.52 Å². The first-order chi connectivity index (χ1) is 9.43. The highest BCUT2D eigenvalue weighted by molar-refractivity contribution is 6.14. The van der Waals surface area contributed by atoms with Crippen LogP contribution >= 0.6 is 0 Å². The van der Waals surface area contributed by atoms with Crippen LogP contribution in [0, 0.1) is 5.41 Å². The van der Waals surface area contributed by atoms with Gasteiger partial charge in [-0.15, -0.1) is 0 Å². The Labute approximate surface area is 116 Å². The Morgan fingerprint density at radius 2 is 1.90 bits per heavy atom. The lowest BCUT2D eigenvalue weighted by molar-refractivity contribution is -0.147. The molecule has 0 aliphatic rings. The molecule has 0 fully saturated rings. The molecule has 0 bridgehead atoms. The van der Waals surface area contributed by atoms with Crippen molar-refractivity contribution in [3.63, 3.8) is 0 Å². The highest BCUT2D eigenvalue weighted by Gasteiger charge is 2.38. The number of pyridine rings is 1. The van der Waals surface area contributed by atoms with E-state index in [1.807, 2.05) is 0 Å². The Kier molecular flexibility index (Phi) is 3.48. The number of carbonyl (C=O) groups excluding carboxylic acids is 2. The molecule has 2 heterocycles. The van der Waals surface area contributed by atoms with Crippen molar-refractivity contribution in [2.75, 3.05) is 14.2 Å². The SMILES string of the molecule is COC(=O)C(C)(C)C(=O)c1ccc(OC)n2nccc12. The highest BCUT2D eigenvalue weighted by Crippen LogP contribution is 2.27. The van der Waals surface area contributed by atoms with Gasteiger partial charge in [0.1, 0.15) is 5.41 Å². The van der Waals surface area contributed by atoms with Gasteiger partial charge < -0.3 is 9.47 Å². The number of hydrogen-bond donors (Lipinski definition) is 0. The number of fused-ring (bicyclic) bond motifs is 1. The summed E-state index contributed by atoms with van der Waals surface area (Å²) in [6.45, 7) is 3.08. The Morgan fingerprint density at radius 3 is 2.50 bits per heavy atom. The number of ketones is 1. The maximum Gasteiger partial charge on any atom is 0.319 e. The van der Waals surface area contributed by atoms with Crippen LogP contribution in [0.15, 0.2) is 24.4 Å². The third-order valence-corrected chi connectivity index (χ3v) is 3.24. The first-order valence-electron chi connectivity index (χ1n) is 6.07. The van der Waals surface area contributed by atoms with E-state index in [1.165, 1.54) is 32.6 Å². The lowest BCUT2D eigenvalue weighted by atomic mass is 9.84. The molecule has 0 saturated carbocycles. The number of esters is 1. The van der Waals surface area contributed by atoms with E-state index in [9.17, 15) is 9.59 Å². The molecule has 2 aromatic rings. The van der Waals surface area contributed by atoms with Crippen LogP contribution in [0.1, 0.15) is 24.2 Å². The summed E-state index contributed by atoms with van der Waals surface area (Å²) in [5, 5.41) is 4.10. The number of carbonyl (C=O) groups is 2. The summed E-state index contributed by atoms with van der Waals surface area (Å²) in [4.78, 5) is 24.4. The molecular formula is C14H16N2O4. The summed E-state index contributed by atoms with van der Waals surface area (Å²) in [5.74, 6) is -0.383. The van der Waals surface area contributed by atoms with E-state index in [-0.39, 0.29) is 5.78 Å². The second kappa shape index (κ2) is 4.96. The molecule has 2 rings (SSSR count). The van der Waals surface area contributed by atoms with E-state index in [2.05, 4.69) is 9.84 Å². The zero-order valence-electron chi connectivity index (χ0n) is 11.8. The number of methoxy groups -OCH3 is 2. The van der Waals surface area contributed by atoms with Gasteiger partial charge in [0.15, 0.2) is 5.78 Å². The fourth-order valence-electron chi connectivity index (χ4n) is 2.02. The molecule has 0 aliphatic carbocycles. The van der Waals surface area contributed by atoms with Crippen LogP contribution in [0.3, 0.4) is 0 Å². The van der Waals surface area contributed by atoms with Crippen molar-refractivity contribution in [1.82, 2.24) is 9.61 Å². The van der Waals surface area contributed by atoms with Gasteiger partial charge in [-0.2, -0.15) is 5.10 Å². The van der Waals surface area contributed by atoms with Crippen LogP contribution in [0.4, 0.5) is 0 Å². The number of rotatable bonds is 4. The van der Waals surface area contributed by atoms with E-state index >= 15 is 0 Å². The largest absolute Gasteiger partial charge is 0.481 e. The Balaban J connectivity index is 2.57. The molecule has 0 aromatic carbocycles. The van der Waals surface area contributed by atoms with Crippen LogP contribution in [0.2, 0.25) is 0 Å². The van der Waals surface area contributed by atoms with Gasteiger partial charge in [0, 0.05) is 11.6 Å². The van der Waals surface area contributed by atoms with Crippen LogP contribution < -0.4 is 4.74 Å². The van der Waals surface area contributed by atoms with Crippen molar-refractivity contribution in [2.45, 2.75) is 13.8 Å². The standard InChI is InChI=1S/C14H16N2O4/c1-14(2,13(18)20-4)12(17)9-5-6-11(19-3)16-10(9)7-8-15-16/h5-8H,1-4H3. The molecule has 0 atom stereocenters. The summed E-state index contributed by atoms with van der Waals surface area (Å²) < 4.78 is 11.4. The Morgan fingerprint density at radius 1 is 1.20 bits per heavy atom. The number of nitrogens with zero attached hydrogens (tertiary/aromatic N) is 2. The van der Waals surface area contributed by atoms with Crippen molar-refractivity contribution in [3.8, 4) is 5.88 Å². The van der Waals surface area contributed by atoms with Gasteiger partial charge in [-0.1, -0.05) is 0 Å². The molecule has 0 N–H and O–H groups in total. The van der Waals surface area contributed by atoms with Gasteiger partial charge in [-0.05, 0) is 26.0 Å². The quantitative estimate of drug-likeness (QED) is 0.483. The molecule has 106 valence electrons. The van der Waals surface area contributed by atoms with Crippen molar-refractivity contribution < 1.29 is 19.1 Å². The molecular weight excluding hydrogens is 260 g/mol. The molecule has 0 radical (unpaired) electrons. The lowest BCUT2D eigenvalue weighted by Crippen LogP contribution is -2.34. The summed E-state index contributed by atoms with van der Waals surface area (Å²) in [5.41, 5.74) is -0.265. The fraction of sp³-hybridized carbons (Fsp3) is 0.357. The smallest absolute Gasteiger partial charge is 0.319 e. The highest BCUT2D eigenvalue weighted by atomic mass is 16.5. The molecule has 6 nitrogen and oxygen atoms in total. The lowest BCUT2D eigenvalue weighted by Gasteiger charge is -2.20. The molecule has 0 unspecified atom stereocenters. The van der Waals surface area contributed by atoms with Crippen LogP contribution in [0.25, 0.3) is 5.52 Å². The van der Waals surface area contributed by atoms with Crippen LogP contribution in [-0.4, -0.2) is 35.6 Å². The van der Waals surface area contributed by atoms with Crippen molar-refractivity contribution in [3.05, 3.63) is 30.0 Å². The zero-order valence-corrected chi connectivity index (χ0v) is 11.8. The van der Waals surface area contributed by atoms with Crippen molar-refractivity contribution >= 4 is 17.3 Å². The topological polar surface area (TPSA) is 69.9 Å². The molecule has 0 aliphatic heterocycles. The number of aromatic nitrogens is 2. The van der Waals surface area contributed by atoms with Crippen LogP contribution in [-0.2, 0) is 9.53 Å². The van der Waals surface area contributed by atoms with Gasteiger partial charge in [0.25, 0.3) is 0 Å². The van der Waals surface area contributed by atoms with Gasteiger partial charge >= 0.3 is 5.97 Å². The Bertz CT molecular complexity index is 673. The molecule has 2 aromatic heterocycles. The summed E-state index contributed by atoms with van der Waals surface area (Å²) in [6.07, 6.45) is 1.57. The fourth-order valence-corrected chi connectivity index (χ4v) is 2.02. The maximum atomic E-state index is 12.6. The predicted octanol–water partition coefficient (Wildman–Crippen LogP) is 1.72. The molecule has 0 spiro atoms. The van der Waals surface area contributed by atoms with E-state index in [0.717, 1.165) is 0 Å². The number of hydrogen-bond acceptors (Lipinski definition) is 5. The molecule has 6 heteroatoms. The molecule has 0 amide bonds. The number of ether oxygens (including phenoxy) is 2. The average molecular weight is 276 g/mol. The normalized spacial score (nSPS) is 11.4. The molecule has 0 saturated heterocycles. The van der Waals surface area contributed by atoms with Gasteiger partial charge in [0.05, 0.1) is 25.9 Å².